The summed E-state index contributed by atoms with van der Waals surface area (Å²) in [7, 11) is 0. The molecule has 0 N–H and O–H groups in total. The number of hydrogen-bond donors (Lipinski definition) is 0. The predicted octanol–water partition coefficient (Wildman–Crippen LogP) is 2.07. The van der Waals surface area contributed by atoms with Crippen molar-refractivity contribution >= 4 is 5.97 Å². The van der Waals surface area contributed by atoms with Gasteiger partial charge in [0.25, 0.3) is 0 Å². The van der Waals surface area contributed by atoms with Crippen LogP contribution in [-0.4, -0.2) is 12.6 Å². The van der Waals surface area contributed by atoms with E-state index in [1.54, 1.807) is 0 Å². The fraction of sp³-hybridized carbons (Fsp3) is 0.444. The number of ether oxygens (including phenoxy) is 1. The van der Waals surface area contributed by atoms with Crippen molar-refractivity contribution in [3.05, 3.63) is 23.8 Å². The molecule has 0 aliphatic rings. The first kappa shape index (κ1) is 9.95. The zero-order valence-electron chi connectivity index (χ0n) is 7.26. The minimum atomic E-state index is -0.243. The maximum Gasteiger partial charge on any atom is 0.302 e. The molecule has 0 spiro atoms. The van der Waals surface area contributed by atoms with Crippen LogP contribution in [0.3, 0.4) is 0 Å². The topological polar surface area (TPSA) is 26.3 Å². The minimum Gasteiger partial charge on any atom is -0.462 e. The molecule has 0 radical (unpaired) electrons. The van der Waals surface area contributed by atoms with Crippen molar-refractivity contribution in [1.29, 1.82) is 0 Å². The third-order valence-electron chi connectivity index (χ3n) is 1.22. The Balaban J connectivity index is 3.53. The number of esters is 1. The summed E-state index contributed by atoms with van der Waals surface area (Å²) in [6.45, 7) is 5.71. The van der Waals surface area contributed by atoms with Gasteiger partial charge in [-0.3, -0.25) is 4.79 Å². The van der Waals surface area contributed by atoms with Gasteiger partial charge in [0.15, 0.2) is 0 Å². The summed E-state index contributed by atoms with van der Waals surface area (Å²) in [5.74, 6) is -0.243. The van der Waals surface area contributed by atoms with Crippen LogP contribution >= 0.6 is 0 Å². The quantitative estimate of drug-likeness (QED) is 0.459. The second-order valence-electron chi connectivity index (χ2n) is 2.24. The fourth-order valence-electron chi connectivity index (χ4n) is 0.496. The minimum absolute atomic E-state index is 0.243. The van der Waals surface area contributed by atoms with E-state index in [4.69, 9.17) is 0 Å². The van der Waals surface area contributed by atoms with Gasteiger partial charge in [0.1, 0.15) is 6.61 Å². The van der Waals surface area contributed by atoms with Crippen LogP contribution in [0.4, 0.5) is 0 Å². The summed E-state index contributed by atoms with van der Waals surface area (Å²) >= 11 is 0. The van der Waals surface area contributed by atoms with Gasteiger partial charge in [0, 0.05) is 6.92 Å². The second-order valence-corrected chi connectivity index (χ2v) is 2.24. The molecule has 0 rings (SSSR count). The van der Waals surface area contributed by atoms with E-state index in [1.807, 2.05) is 32.1 Å². The first-order chi connectivity index (χ1) is 5.16. The van der Waals surface area contributed by atoms with Gasteiger partial charge < -0.3 is 4.74 Å². The number of carbonyl (C=O) groups is 1. The van der Waals surface area contributed by atoms with Gasteiger partial charge in [0.2, 0.25) is 0 Å². The lowest BCUT2D eigenvalue weighted by atomic mass is 10.3. The Kier molecular flexibility index (Phi) is 5.17. The van der Waals surface area contributed by atoms with Crippen molar-refractivity contribution in [1.82, 2.24) is 0 Å². The van der Waals surface area contributed by atoms with Crippen molar-refractivity contribution in [2.75, 3.05) is 6.61 Å². The molecule has 0 fully saturated rings. The second kappa shape index (κ2) is 5.71. The third-order valence-corrected chi connectivity index (χ3v) is 1.22. The zero-order chi connectivity index (χ0) is 8.69. The molecule has 0 saturated heterocycles. The summed E-state index contributed by atoms with van der Waals surface area (Å²) < 4.78 is 4.68. The van der Waals surface area contributed by atoms with Gasteiger partial charge in [-0.2, -0.15) is 0 Å². The molecule has 0 unspecified atom stereocenters. The highest BCUT2D eigenvalue weighted by Crippen LogP contribution is 1.93. The molecule has 2 heteroatoms. The van der Waals surface area contributed by atoms with Crippen molar-refractivity contribution < 1.29 is 9.53 Å². The Hall–Kier alpha value is -1.05. The maximum atomic E-state index is 10.3. The summed E-state index contributed by atoms with van der Waals surface area (Å²) in [5, 5.41) is 0. The molecule has 62 valence electrons. The van der Waals surface area contributed by atoms with E-state index < -0.39 is 0 Å². The SMILES string of the molecule is C/C=C(C)/C=C/COC(C)=O. The monoisotopic (exact) mass is 154 g/mol. The number of rotatable bonds is 3. The van der Waals surface area contributed by atoms with Gasteiger partial charge in [-0.1, -0.05) is 17.7 Å². The Labute approximate surface area is 67.6 Å². The van der Waals surface area contributed by atoms with Crippen LogP contribution in [0, 0.1) is 0 Å². The molecule has 0 aromatic carbocycles. The van der Waals surface area contributed by atoms with E-state index in [0.29, 0.717) is 6.61 Å². The standard InChI is InChI=1S/C9H14O2/c1-4-8(2)6-5-7-11-9(3)10/h4-6H,7H2,1-3H3/b6-5+,8-4+. The molecule has 0 atom stereocenters. The first-order valence-corrected chi connectivity index (χ1v) is 3.59. The largest absolute Gasteiger partial charge is 0.462 e. The van der Waals surface area contributed by atoms with E-state index >= 15 is 0 Å². The molecule has 0 saturated carbocycles. The van der Waals surface area contributed by atoms with Crippen molar-refractivity contribution in [2.24, 2.45) is 0 Å². The van der Waals surface area contributed by atoms with E-state index in [0.717, 1.165) is 5.57 Å². The van der Waals surface area contributed by atoms with Crippen LogP contribution < -0.4 is 0 Å². The third kappa shape index (κ3) is 6.84. The van der Waals surface area contributed by atoms with Crippen LogP contribution in [0.15, 0.2) is 23.8 Å². The molecule has 0 bridgehead atoms. The van der Waals surface area contributed by atoms with E-state index in [9.17, 15) is 4.79 Å². The summed E-state index contributed by atoms with van der Waals surface area (Å²) in [6.07, 6.45) is 5.73. The lowest BCUT2D eigenvalue weighted by molar-refractivity contribution is -0.139. The maximum absolute atomic E-state index is 10.3. The Bertz CT molecular complexity index is 178. The lowest BCUT2D eigenvalue weighted by Gasteiger charge is -1.94. The Morgan fingerprint density at radius 3 is 2.55 bits per heavy atom. The van der Waals surface area contributed by atoms with Crippen LogP contribution in [0.1, 0.15) is 20.8 Å². The van der Waals surface area contributed by atoms with Crippen LogP contribution in [0.5, 0.6) is 0 Å². The van der Waals surface area contributed by atoms with Gasteiger partial charge >= 0.3 is 5.97 Å². The van der Waals surface area contributed by atoms with Gasteiger partial charge in [0.05, 0.1) is 0 Å². The molecule has 2 nitrogen and oxygen atoms in total. The molecule has 11 heavy (non-hydrogen) atoms. The highest BCUT2D eigenvalue weighted by Gasteiger charge is 1.86. The van der Waals surface area contributed by atoms with Gasteiger partial charge in [-0.15, -0.1) is 0 Å². The van der Waals surface area contributed by atoms with Crippen LogP contribution in [0.25, 0.3) is 0 Å². The molecule has 0 heterocycles. The highest BCUT2D eigenvalue weighted by atomic mass is 16.5. The van der Waals surface area contributed by atoms with E-state index in [1.165, 1.54) is 6.92 Å². The molecule has 0 aromatic rings. The Morgan fingerprint density at radius 1 is 1.45 bits per heavy atom. The number of allylic oxidation sites excluding steroid dienone is 3. The molecule has 0 aliphatic heterocycles. The molecular formula is C9H14O2. The summed E-state index contributed by atoms with van der Waals surface area (Å²) in [4.78, 5) is 10.3. The smallest absolute Gasteiger partial charge is 0.302 e. The highest BCUT2D eigenvalue weighted by molar-refractivity contribution is 5.66. The van der Waals surface area contributed by atoms with Crippen molar-refractivity contribution in [3.8, 4) is 0 Å². The normalized spacial score (nSPS) is 12.1. The summed E-state index contributed by atoms with van der Waals surface area (Å²) in [6, 6.07) is 0. The van der Waals surface area contributed by atoms with Crippen LogP contribution in [-0.2, 0) is 9.53 Å². The zero-order valence-corrected chi connectivity index (χ0v) is 7.26. The average molecular weight is 154 g/mol. The summed E-state index contributed by atoms with van der Waals surface area (Å²) in [5.41, 5.74) is 1.16. The first-order valence-electron chi connectivity index (χ1n) is 3.59. The number of carbonyl (C=O) groups excluding carboxylic acids is 1. The fourth-order valence-corrected chi connectivity index (χ4v) is 0.496. The Morgan fingerprint density at radius 2 is 2.09 bits per heavy atom. The molecular weight excluding hydrogens is 140 g/mol. The molecule has 0 amide bonds. The molecule has 0 aromatic heterocycles. The van der Waals surface area contributed by atoms with E-state index in [-0.39, 0.29) is 5.97 Å². The lowest BCUT2D eigenvalue weighted by Crippen LogP contribution is -1.97. The van der Waals surface area contributed by atoms with Gasteiger partial charge in [-0.25, -0.2) is 0 Å². The van der Waals surface area contributed by atoms with Crippen molar-refractivity contribution in [2.45, 2.75) is 20.8 Å². The van der Waals surface area contributed by atoms with Crippen LogP contribution in [0.2, 0.25) is 0 Å². The molecule has 0 aliphatic carbocycles. The van der Waals surface area contributed by atoms with Crippen molar-refractivity contribution in [3.63, 3.8) is 0 Å². The predicted molar refractivity (Wildman–Crippen MR) is 45.2 cm³/mol. The average Bonchev–Trinajstić information content (AvgIpc) is 1.97. The van der Waals surface area contributed by atoms with Gasteiger partial charge in [-0.05, 0) is 19.9 Å². The van der Waals surface area contributed by atoms with E-state index in [2.05, 4.69) is 4.74 Å². The number of hydrogen-bond acceptors (Lipinski definition) is 2.